The Morgan fingerprint density at radius 1 is 0.800 bits per heavy atom. The summed E-state index contributed by atoms with van der Waals surface area (Å²) in [6.07, 6.45) is 2.66. The van der Waals surface area contributed by atoms with Gasteiger partial charge in [-0.3, -0.25) is 0 Å². The Balaban J connectivity index is 2.65. The minimum atomic E-state index is -0.0474. The van der Waals surface area contributed by atoms with E-state index in [4.69, 9.17) is 0 Å². The summed E-state index contributed by atoms with van der Waals surface area (Å²) in [7, 11) is 0. The predicted octanol–water partition coefficient (Wildman–Crippen LogP) is 4.45. The largest absolute Gasteiger partial charge is 0.504 e. The van der Waals surface area contributed by atoms with Crippen LogP contribution in [0.1, 0.15) is 37.5 Å². The lowest BCUT2D eigenvalue weighted by Gasteiger charge is -2.15. The number of aromatic hydroxyl groups is 2. The molecule has 2 rings (SSSR count). The van der Waals surface area contributed by atoms with Crippen LogP contribution < -0.4 is 0 Å². The highest BCUT2D eigenvalue weighted by Gasteiger charge is 2.14. The molecule has 2 aromatic rings. The van der Waals surface area contributed by atoms with Crippen LogP contribution in [0.5, 0.6) is 11.5 Å². The van der Waals surface area contributed by atoms with Crippen molar-refractivity contribution in [3.63, 3.8) is 0 Å². The van der Waals surface area contributed by atoms with E-state index in [1.54, 1.807) is 6.07 Å². The van der Waals surface area contributed by atoms with Gasteiger partial charge in [0.2, 0.25) is 0 Å². The molecule has 20 heavy (non-hydrogen) atoms. The molecule has 0 saturated carbocycles. The SMILES string of the molecule is CCc1ccc(-c2ccc(O)c(O)c2CC)c(CC)c1. The molecule has 106 valence electrons. The van der Waals surface area contributed by atoms with Gasteiger partial charge in [0.15, 0.2) is 11.5 Å². The topological polar surface area (TPSA) is 40.5 Å². The van der Waals surface area contributed by atoms with Gasteiger partial charge in [0.25, 0.3) is 0 Å². The number of aryl methyl sites for hydroxylation is 2. The lowest BCUT2D eigenvalue weighted by atomic mass is 9.91. The Hall–Kier alpha value is -1.96. The van der Waals surface area contributed by atoms with E-state index < -0.39 is 0 Å². The molecule has 0 spiro atoms. The number of phenolic OH excluding ortho intramolecular Hbond substituents is 2. The van der Waals surface area contributed by atoms with Crippen LogP contribution >= 0.6 is 0 Å². The first-order chi connectivity index (χ1) is 9.62. The van der Waals surface area contributed by atoms with E-state index in [9.17, 15) is 10.2 Å². The third-order valence-corrected chi connectivity index (χ3v) is 3.86. The van der Waals surface area contributed by atoms with Crippen molar-refractivity contribution >= 4 is 0 Å². The first kappa shape index (κ1) is 14.4. The zero-order valence-corrected chi connectivity index (χ0v) is 12.4. The summed E-state index contributed by atoms with van der Waals surface area (Å²) in [6.45, 7) is 6.28. The maximum atomic E-state index is 10.1. The van der Waals surface area contributed by atoms with Crippen molar-refractivity contribution in [3.8, 4) is 22.6 Å². The van der Waals surface area contributed by atoms with Crippen LogP contribution in [0.4, 0.5) is 0 Å². The Morgan fingerprint density at radius 2 is 1.50 bits per heavy atom. The zero-order chi connectivity index (χ0) is 14.7. The number of hydrogen-bond acceptors (Lipinski definition) is 2. The second-order valence-electron chi connectivity index (χ2n) is 5.01. The highest BCUT2D eigenvalue weighted by molar-refractivity contribution is 5.75. The van der Waals surface area contributed by atoms with E-state index >= 15 is 0 Å². The minimum Gasteiger partial charge on any atom is -0.504 e. The van der Waals surface area contributed by atoms with Crippen molar-refractivity contribution in [1.29, 1.82) is 0 Å². The summed E-state index contributed by atoms with van der Waals surface area (Å²) in [5.41, 5.74) is 5.58. The van der Waals surface area contributed by atoms with Crippen molar-refractivity contribution in [3.05, 3.63) is 47.0 Å². The van der Waals surface area contributed by atoms with Crippen LogP contribution in [0, 0.1) is 0 Å². The van der Waals surface area contributed by atoms with Crippen LogP contribution in [0.2, 0.25) is 0 Å². The molecule has 0 radical (unpaired) electrons. The fraction of sp³-hybridized carbons (Fsp3) is 0.333. The van der Waals surface area contributed by atoms with Gasteiger partial charge in [-0.05, 0) is 47.6 Å². The molecule has 2 aromatic carbocycles. The number of benzene rings is 2. The fourth-order valence-corrected chi connectivity index (χ4v) is 2.66. The standard InChI is InChI=1S/C18H22O2/c1-4-12-7-8-15(13(5-2)11-12)16-9-10-17(19)18(20)14(16)6-3/h7-11,19-20H,4-6H2,1-3H3. The first-order valence-corrected chi connectivity index (χ1v) is 7.28. The van der Waals surface area contributed by atoms with Crippen LogP contribution in [0.25, 0.3) is 11.1 Å². The molecule has 0 aromatic heterocycles. The summed E-state index contributed by atoms with van der Waals surface area (Å²) in [4.78, 5) is 0. The van der Waals surface area contributed by atoms with Crippen molar-refractivity contribution in [2.45, 2.75) is 40.0 Å². The lowest BCUT2D eigenvalue weighted by Crippen LogP contribution is -1.95. The molecule has 0 saturated heterocycles. The first-order valence-electron chi connectivity index (χ1n) is 7.28. The van der Waals surface area contributed by atoms with Crippen LogP contribution in [0.3, 0.4) is 0 Å². The van der Waals surface area contributed by atoms with E-state index in [0.29, 0.717) is 6.42 Å². The third-order valence-electron chi connectivity index (χ3n) is 3.86. The number of phenols is 2. The average molecular weight is 270 g/mol. The molecule has 0 aliphatic rings. The summed E-state index contributed by atoms with van der Waals surface area (Å²) < 4.78 is 0. The molecule has 0 heterocycles. The maximum Gasteiger partial charge on any atom is 0.161 e. The van der Waals surface area contributed by atoms with Gasteiger partial charge in [0.05, 0.1) is 0 Å². The van der Waals surface area contributed by atoms with Crippen LogP contribution in [-0.4, -0.2) is 10.2 Å². The van der Waals surface area contributed by atoms with Gasteiger partial charge < -0.3 is 10.2 Å². The van der Waals surface area contributed by atoms with E-state index in [-0.39, 0.29) is 11.5 Å². The van der Waals surface area contributed by atoms with Gasteiger partial charge in [-0.15, -0.1) is 0 Å². The zero-order valence-electron chi connectivity index (χ0n) is 12.4. The summed E-state index contributed by atoms with van der Waals surface area (Å²) in [5, 5.41) is 19.7. The molecule has 0 atom stereocenters. The molecule has 0 fully saturated rings. The van der Waals surface area contributed by atoms with E-state index in [1.165, 1.54) is 11.1 Å². The average Bonchev–Trinajstić information content (AvgIpc) is 2.49. The van der Waals surface area contributed by atoms with E-state index in [2.05, 4.69) is 32.0 Å². The fourth-order valence-electron chi connectivity index (χ4n) is 2.66. The van der Waals surface area contributed by atoms with Crippen molar-refractivity contribution in [1.82, 2.24) is 0 Å². The van der Waals surface area contributed by atoms with Crippen molar-refractivity contribution < 1.29 is 10.2 Å². The molecule has 0 aliphatic heterocycles. The third kappa shape index (κ3) is 2.51. The highest BCUT2D eigenvalue weighted by Crippen LogP contribution is 2.38. The Bertz CT molecular complexity index is 615. The van der Waals surface area contributed by atoms with Crippen LogP contribution in [0.15, 0.2) is 30.3 Å². The molecular weight excluding hydrogens is 248 g/mol. The molecule has 2 N–H and O–H groups in total. The molecular formula is C18H22O2. The van der Waals surface area contributed by atoms with Crippen LogP contribution in [-0.2, 0) is 19.3 Å². The molecule has 0 aliphatic carbocycles. The monoisotopic (exact) mass is 270 g/mol. The second kappa shape index (κ2) is 6.00. The quantitative estimate of drug-likeness (QED) is 0.806. The predicted molar refractivity (Wildman–Crippen MR) is 83.3 cm³/mol. The maximum absolute atomic E-state index is 10.1. The van der Waals surface area contributed by atoms with Gasteiger partial charge in [0.1, 0.15) is 0 Å². The van der Waals surface area contributed by atoms with Gasteiger partial charge in [-0.1, -0.05) is 45.0 Å². The molecule has 0 bridgehead atoms. The van der Waals surface area contributed by atoms with E-state index in [0.717, 1.165) is 29.5 Å². The lowest BCUT2D eigenvalue weighted by molar-refractivity contribution is 0.400. The normalized spacial score (nSPS) is 10.8. The van der Waals surface area contributed by atoms with Gasteiger partial charge in [-0.25, -0.2) is 0 Å². The Morgan fingerprint density at radius 3 is 2.10 bits per heavy atom. The highest BCUT2D eigenvalue weighted by atomic mass is 16.3. The van der Waals surface area contributed by atoms with Gasteiger partial charge in [-0.2, -0.15) is 0 Å². The molecule has 2 nitrogen and oxygen atoms in total. The van der Waals surface area contributed by atoms with Crippen molar-refractivity contribution in [2.75, 3.05) is 0 Å². The molecule has 0 amide bonds. The summed E-state index contributed by atoms with van der Waals surface area (Å²) in [5.74, 6) is -0.0413. The minimum absolute atomic E-state index is 0.00613. The van der Waals surface area contributed by atoms with Gasteiger partial charge >= 0.3 is 0 Å². The smallest absolute Gasteiger partial charge is 0.161 e. The molecule has 0 unspecified atom stereocenters. The second-order valence-corrected chi connectivity index (χ2v) is 5.01. The Kier molecular flexibility index (Phi) is 4.33. The summed E-state index contributed by atoms with van der Waals surface area (Å²) >= 11 is 0. The van der Waals surface area contributed by atoms with Crippen molar-refractivity contribution in [2.24, 2.45) is 0 Å². The summed E-state index contributed by atoms with van der Waals surface area (Å²) in [6, 6.07) is 9.96. The number of rotatable bonds is 4. The number of hydrogen-bond donors (Lipinski definition) is 2. The molecule has 2 heteroatoms. The van der Waals surface area contributed by atoms with Gasteiger partial charge in [0, 0.05) is 5.56 Å². The van der Waals surface area contributed by atoms with E-state index in [1.807, 2.05) is 13.0 Å². The Labute approximate surface area is 120 Å².